The average Bonchev–Trinajstić information content (AvgIpc) is 3.38. The molecule has 1 amide bonds. The first-order valence-corrected chi connectivity index (χ1v) is 10.00. The summed E-state index contributed by atoms with van der Waals surface area (Å²) in [6.07, 6.45) is 4.17. The van der Waals surface area contributed by atoms with E-state index >= 15 is 0 Å². The van der Waals surface area contributed by atoms with Gasteiger partial charge in [-0.2, -0.15) is 4.37 Å². The van der Waals surface area contributed by atoms with Crippen molar-refractivity contribution in [3.8, 4) is 11.5 Å². The predicted octanol–water partition coefficient (Wildman–Crippen LogP) is 4.02. The van der Waals surface area contributed by atoms with Crippen molar-refractivity contribution in [3.05, 3.63) is 71.0 Å². The maximum Gasteiger partial charge on any atom is 0.248 e. The van der Waals surface area contributed by atoms with Crippen LogP contribution in [0.5, 0.6) is 11.5 Å². The molecule has 28 heavy (non-hydrogen) atoms. The standard InChI is InChI=1S/C18H20N2O2.C3H4N2S/c19-18(21)15-5-9-17(10-6-15)22-16-7-3-14(4-8-16)13-20-11-1-2-12-20;1-3-4-2-5-6-3/h3-10H,1-2,11-13H2,(H2,19,21);2H,1H3. The topological polar surface area (TPSA) is 81.3 Å². The molecule has 1 saturated heterocycles. The van der Waals surface area contributed by atoms with E-state index in [0.29, 0.717) is 11.3 Å². The Labute approximate surface area is 169 Å². The summed E-state index contributed by atoms with van der Waals surface area (Å²) in [7, 11) is 0. The van der Waals surface area contributed by atoms with Gasteiger partial charge in [0.05, 0.1) is 0 Å². The number of ether oxygens (including phenoxy) is 1. The number of rotatable bonds is 5. The van der Waals surface area contributed by atoms with E-state index in [1.165, 1.54) is 43.0 Å². The van der Waals surface area contributed by atoms with Crippen molar-refractivity contribution in [3.63, 3.8) is 0 Å². The lowest BCUT2D eigenvalue weighted by atomic mass is 10.2. The first kappa shape index (κ1) is 20.0. The van der Waals surface area contributed by atoms with E-state index in [0.717, 1.165) is 17.3 Å². The zero-order chi connectivity index (χ0) is 19.8. The highest BCUT2D eigenvalue weighted by Crippen LogP contribution is 2.23. The van der Waals surface area contributed by atoms with Crippen LogP contribution in [-0.4, -0.2) is 33.3 Å². The van der Waals surface area contributed by atoms with Gasteiger partial charge >= 0.3 is 0 Å². The van der Waals surface area contributed by atoms with Gasteiger partial charge in [0.2, 0.25) is 5.91 Å². The molecular formula is C21H24N4O2S. The molecule has 0 unspecified atom stereocenters. The zero-order valence-electron chi connectivity index (χ0n) is 15.9. The van der Waals surface area contributed by atoms with Crippen molar-refractivity contribution >= 4 is 17.4 Å². The molecule has 0 radical (unpaired) electrons. The maximum absolute atomic E-state index is 11.0. The Morgan fingerprint density at radius 1 is 1.07 bits per heavy atom. The van der Waals surface area contributed by atoms with Crippen molar-refractivity contribution in [1.29, 1.82) is 0 Å². The molecule has 0 bridgehead atoms. The summed E-state index contributed by atoms with van der Waals surface area (Å²) in [6.45, 7) is 5.33. The normalized spacial score (nSPS) is 13.6. The SMILES string of the molecule is Cc1ncns1.NC(=O)c1ccc(Oc2ccc(CN3CCCC3)cc2)cc1. The number of aryl methyl sites for hydroxylation is 1. The summed E-state index contributed by atoms with van der Waals surface area (Å²) < 4.78 is 9.52. The lowest BCUT2D eigenvalue weighted by Crippen LogP contribution is -2.18. The molecule has 146 valence electrons. The molecule has 4 rings (SSSR count). The minimum atomic E-state index is -0.433. The molecule has 7 heteroatoms. The van der Waals surface area contributed by atoms with Gasteiger partial charge in [-0.25, -0.2) is 4.98 Å². The van der Waals surface area contributed by atoms with E-state index in [2.05, 4.69) is 26.4 Å². The van der Waals surface area contributed by atoms with Gasteiger partial charge in [0, 0.05) is 12.1 Å². The number of hydrogen-bond acceptors (Lipinski definition) is 6. The third kappa shape index (κ3) is 6.14. The first-order chi connectivity index (χ1) is 13.6. The van der Waals surface area contributed by atoms with Gasteiger partial charge in [-0.15, -0.1) is 0 Å². The van der Waals surface area contributed by atoms with Gasteiger partial charge in [-0.1, -0.05) is 12.1 Å². The van der Waals surface area contributed by atoms with Crippen LogP contribution in [-0.2, 0) is 6.54 Å². The van der Waals surface area contributed by atoms with Crippen LogP contribution in [0.1, 0.15) is 33.8 Å². The molecule has 1 aliphatic heterocycles. The van der Waals surface area contributed by atoms with Crippen LogP contribution in [0.25, 0.3) is 0 Å². The van der Waals surface area contributed by atoms with Crippen LogP contribution in [0.2, 0.25) is 0 Å². The van der Waals surface area contributed by atoms with E-state index in [-0.39, 0.29) is 0 Å². The summed E-state index contributed by atoms with van der Waals surface area (Å²) in [6, 6.07) is 15.0. The number of aromatic nitrogens is 2. The Balaban J connectivity index is 0.000000320. The number of nitrogens with two attached hydrogens (primary N) is 1. The zero-order valence-corrected chi connectivity index (χ0v) is 16.7. The lowest BCUT2D eigenvalue weighted by Gasteiger charge is -2.14. The number of nitrogens with zero attached hydrogens (tertiary/aromatic N) is 3. The number of amides is 1. The molecule has 2 N–H and O–H groups in total. The maximum atomic E-state index is 11.0. The van der Waals surface area contributed by atoms with E-state index < -0.39 is 5.91 Å². The summed E-state index contributed by atoms with van der Waals surface area (Å²) in [4.78, 5) is 17.3. The minimum Gasteiger partial charge on any atom is -0.457 e. The van der Waals surface area contributed by atoms with Gasteiger partial charge in [-0.3, -0.25) is 9.69 Å². The van der Waals surface area contributed by atoms with Crippen LogP contribution in [0, 0.1) is 6.92 Å². The number of carbonyl (C=O) groups is 1. The minimum absolute atomic E-state index is 0.433. The van der Waals surface area contributed by atoms with Gasteiger partial charge in [0.25, 0.3) is 0 Å². The summed E-state index contributed by atoms with van der Waals surface area (Å²) in [5.74, 6) is 1.05. The fourth-order valence-electron chi connectivity index (χ4n) is 2.91. The average molecular weight is 397 g/mol. The highest BCUT2D eigenvalue weighted by molar-refractivity contribution is 7.05. The third-order valence-electron chi connectivity index (χ3n) is 4.37. The van der Waals surface area contributed by atoms with E-state index in [9.17, 15) is 4.79 Å². The molecule has 0 saturated carbocycles. The van der Waals surface area contributed by atoms with E-state index in [4.69, 9.17) is 10.5 Å². The smallest absolute Gasteiger partial charge is 0.248 e. The second-order valence-corrected chi connectivity index (χ2v) is 7.56. The second kappa shape index (κ2) is 9.96. The van der Waals surface area contributed by atoms with Gasteiger partial charge < -0.3 is 10.5 Å². The fourth-order valence-corrected chi connectivity index (χ4v) is 3.25. The highest BCUT2D eigenvalue weighted by Gasteiger charge is 2.11. The van der Waals surface area contributed by atoms with Crippen molar-refractivity contribution < 1.29 is 9.53 Å². The van der Waals surface area contributed by atoms with Crippen LogP contribution >= 0.6 is 11.5 Å². The van der Waals surface area contributed by atoms with Crippen LogP contribution in [0.15, 0.2) is 54.9 Å². The van der Waals surface area contributed by atoms with Crippen LogP contribution < -0.4 is 10.5 Å². The largest absolute Gasteiger partial charge is 0.457 e. The molecule has 2 heterocycles. The Morgan fingerprint density at radius 2 is 1.68 bits per heavy atom. The van der Waals surface area contributed by atoms with Gasteiger partial charge in [0.1, 0.15) is 22.8 Å². The first-order valence-electron chi connectivity index (χ1n) is 9.22. The number of hydrogen-bond donors (Lipinski definition) is 1. The molecule has 3 aromatic rings. The Morgan fingerprint density at radius 3 is 2.14 bits per heavy atom. The summed E-state index contributed by atoms with van der Waals surface area (Å²) in [5, 5.41) is 1.02. The molecule has 6 nitrogen and oxygen atoms in total. The molecule has 0 atom stereocenters. The number of primary amides is 1. The molecule has 0 aliphatic carbocycles. The quantitative estimate of drug-likeness (QED) is 0.704. The monoisotopic (exact) mass is 396 g/mol. The Kier molecular flexibility index (Phi) is 7.11. The van der Waals surface area contributed by atoms with Crippen molar-refractivity contribution in [1.82, 2.24) is 14.3 Å². The van der Waals surface area contributed by atoms with E-state index in [1.54, 1.807) is 30.6 Å². The van der Waals surface area contributed by atoms with Crippen molar-refractivity contribution in [2.24, 2.45) is 5.73 Å². The number of benzene rings is 2. The van der Waals surface area contributed by atoms with Gasteiger partial charge in [0.15, 0.2) is 0 Å². The number of likely N-dealkylation sites (tertiary alicyclic amines) is 1. The molecule has 1 aromatic heterocycles. The van der Waals surface area contributed by atoms with Crippen molar-refractivity contribution in [2.45, 2.75) is 26.3 Å². The van der Waals surface area contributed by atoms with Crippen LogP contribution in [0.4, 0.5) is 0 Å². The summed E-state index contributed by atoms with van der Waals surface area (Å²) in [5.41, 5.74) is 7.00. The fraction of sp³-hybridized carbons (Fsp3) is 0.286. The summed E-state index contributed by atoms with van der Waals surface area (Å²) >= 11 is 1.42. The van der Waals surface area contributed by atoms with E-state index in [1.807, 2.05) is 19.1 Å². The van der Waals surface area contributed by atoms with Crippen LogP contribution in [0.3, 0.4) is 0 Å². The predicted molar refractivity (Wildman–Crippen MR) is 111 cm³/mol. The molecule has 1 aliphatic rings. The van der Waals surface area contributed by atoms with Gasteiger partial charge in [-0.05, 0) is 86.3 Å². The molecular weight excluding hydrogens is 372 g/mol. The molecule has 1 fully saturated rings. The molecule has 0 spiro atoms. The lowest BCUT2D eigenvalue weighted by molar-refractivity contribution is 0.100. The Bertz CT molecular complexity index is 858. The molecule has 2 aromatic carbocycles. The number of carbonyl (C=O) groups excluding carboxylic acids is 1. The Hall–Kier alpha value is -2.77. The third-order valence-corrected chi connectivity index (χ3v) is 4.94. The van der Waals surface area contributed by atoms with Crippen molar-refractivity contribution in [2.75, 3.05) is 13.1 Å². The second-order valence-electron chi connectivity index (χ2n) is 6.58. The highest BCUT2D eigenvalue weighted by atomic mass is 32.1.